The number of benzene rings is 1. The van der Waals surface area contributed by atoms with Crippen LogP contribution >= 0.6 is 11.3 Å². The van der Waals surface area contributed by atoms with Crippen LogP contribution in [0.5, 0.6) is 0 Å². The fourth-order valence-electron chi connectivity index (χ4n) is 3.30. The van der Waals surface area contributed by atoms with Crippen molar-refractivity contribution in [2.45, 2.75) is 26.2 Å². The van der Waals surface area contributed by atoms with Crippen molar-refractivity contribution in [3.63, 3.8) is 0 Å². The Morgan fingerprint density at radius 2 is 1.89 bits per heavy atom. The van der Waals surface area contributed by atoms with Crippen molar-refractivity contribution < 1.29 is 9.59 Å². The largest absolute Gasteiger partial charge is 0.322 e. The molecule has 2 amide bonds. The van der Waals surface area contributed by atoms with Gasteiger partial charge in [0.25, 0.3) is 11.8 Å². The van der Waals surface area contributed by atoms with Crippen LogP contribution in [0.1, 0.15) is 43.1 Å². The molecule has 0 atom stereocenters. The number of nitrogens with zero attached hydrogens (tertiary/aromatic N) is 1. The van der Waals surface area contributed by atoms with Crippen molar-refractivity contribution in [1.82, 2.24) is 4.98 Å². The number of aromatic nitrogens is 1. The van der Waals surface area contributed by atoms with Gasteiger partial charge in [-0.2, -0.15) is 0 Å². The minimum absolute atomic E-state index is 0.176. The molecule has 27 heavy (non-hydrogen) atoms. The predicted octanol–water partition coefficient (Wildman–Crippen LogP) is 4.44. The van der Waals surface area contributed by atoms with Crippen LogP contribution in [0.2, 0.25) is 0 Å². The number of rotatable bonds is 4. The van der Waals surface area contributed by atoms with Crippen LogP contribution < -0.4 is 10.6 Å². The molecule has 5 nitrogen and oxygen atoms in total. The molecule has 2 heterocycles. The number of amides is 2. The van der Waals surface area contributed by atoms with Crippen molar-refractivity contribution in [2.24, 2.45) is 0 Å². The van der Waals surface area contributed by atoms with Gasteiger partial charge in [0.15, 0.2) is 0 Å². The number of fused-ring (bicyclic) bond motifs is 1. The second-order valence-electron chi connectivity index (χ2n) is 6.53. The van der Waals surface area contributed by atoms with E-state index in [1.54, 1.807) is 18.3 Å². The first-order chi connectivity index (χ1) is 13.1. The third-order valence-electron chi connectivity index (χ3n) is 4.69. The van der Waals surface area contributed by atoms with Crippen molar-refractivity contribution >= 4 is 33.8 Å². The van der Waals surface area contributed by atoms with Gasteiger partial charge in [0.2, 0.25) is 0 Å². The smallest absolute Gasteiger partial charge is 0.258 e. The lowest BCUT2D eigenvalue weighted by atomic mass is 10.1. The molecule has 1 aromatic carbocycles. The van der Waals surface area contributed by atoms with Gasteiger partial charge in [-0.25, -0.2) is 0 Å². The number of para-hydroxylation sites is 1. The monoisotopic (exact) mass is 377 g/mol. The van der Waals surface area contributed by atoms with Gasteiger partial charge in [-0.1, -0.05) is 18.2 Å². The number of pyridine rings is 1. The molecule has 136 valence electrons. The topological polar surface area (TPSA) is 71.1 Å². The van der Waals surface area contributed by atoms with Gasteiger partial charge in [0.05, 0.1) is 11.1 Å². The zero-order valence-electron chi connectivity index (χ0n) is 14.9. The van der Waals surface area contributed by atoms with Gasteiger partial charge < -0.3 is 10.6 Å². The summed E-state index contributed by atoms with van der Waals surface area (Å²) in [5.41, 5.74) is 3.90. The lowest BCUT2D eigenvalue weighted by Crippen LogP contribution is -2.18. The number of aryl methyl sites for hydroxylation is 2. The maximum atomic E-state index is 13.1. The summed E-state index contributed by atoms with van der Waals surface area (Å²) in [6.07, 6.45) is 6.00. The lowest BCUT2D eigenvalue weighted by molar-refractivity contribution is 0.102. The average molecular weight is 377 g/mol. The molecule has 1 aliphatic carbocycles. The van der Waals surface area contributed by atoms with Crippen LogP contribution in [-0.2, 0) is 12.8 Å². The highest BCUT2D eigenvalue weighted by atomic mass is 32.1. The molecule has 0 spiro atoms. The molecule has 0 aliphatic heterocycles. The van der Waals surface area contributed by atoms with E-state index in [4.69, 9.17) is 0 Å². The zero-order valence-corrected chi connectivity index (χ0v) is 15.7. The van der Waals surface area contributed by atoms with E-state index in [2.05, 4.69) is 15.6 Å². The Labute approximate surface area is 161 Å². The summed E-state index contributed by atoms with van der Waals surface area (Å²) in [6, 6.07) is 11.1. The van der Waals surface area contributed by atoms with Crippen molar-refractivity contribution in [3.8, 4) is 0 Å². The number of carbonyl (C=O) groups excluding carboxylic acids is 2. The first-order valence-electron chi connectivity index (χ1n) is 8.86. The summed E-state index contributed by atoms with van der Waals surface area (Å²) in [7, 11) is 0. The molecule has 0 bridgehead atoms. The van der Waals surface area contributed by atoms with Gasteiger partial charge in [-0.15, -0.1) is 11.3 Å². The van der Waals surface area contributed by atoms with Gasteiger partial charge in [0, 0.05) is 23.0 Å². The first-order valence-corrected chi connectivity index (χ1v) is 9.68. The Hall–Kier alpha value is -2.99. The Balaban J connectivity index is 1.65. The van der Waals surface area contributed by atoms with E-state index in [0.29, 0.717) is 16.1 Å². The normalized spacial score (nSPS) is 12.5. The second-order valence-corrected chi connectivity index (χ2v) is 7.63. The Kier molecular flexibility index (Phi) is 4.73. The molecular formula is C21H19N3O2S. The minimum atomic E-state index is -0.257. The van der Waals surface area contributed by atoms with E-state index >= 15 is 0 Å². The molecule has 0 radical (unpaired) electrons. The van der Waals surface area contributed by atoms with Crippen LogP contribution in [-0.4, -0.2) is 16.8 Å². The van der Waals surface area contributed by atoms with Gasteiger partial charge in [-0.3, -0.25) is 14.6 Å². The summed E-state index contributed by atoms with van der Waals surface area (Å²) >= 11 is 1.50. The maximum Gasteiger partial charge on any atom is 0.258 e. The number of hydrogen-bond acceptors (Lipinski definition) is 4. The predicted molar refractivity (Wildman–Crippen MR) is 108 cm³/mol. The lowest BCUT2D eigenvalue weighted by Gasteiger charge is -2.11. The minimum Gasteiger partial charge on any atom is -0.322 e. The van der Waals surface area contributed by atoms with E-state index in [1.807, 2.05) is 31.2 Å². The summed E-state index contributed by atoms with van der Waals surface area (Å²) in [5.74, 6) is -0.432. The molecule has 2 aromatic heterocycles. The number of hydrogen-bond donors (Lipinski definition) is 2. The van der Waals surface area contributed by atoms with Crippen LogP contribution in [0.3, 0.4) is 0 Å². The molecule has 2 N–H and O–H groups in total. The molecule has 0 fully saturated rings. The quantitative estimate of drug-likeness (QED) is 0.706. The van der Waals surface area contributed by atoms with E-state index in [0.717, 1.165) is 36.1 Å². The molecule has 0 unspecified atom stereocenters. The second kappa shape index (κ2) is 7.32. The van der Waals surface area contributed by atoms with E-state index in [-0.39, 0.29) is 11.8 Å². The summed E-state index contributed by atoms with van der Waals surface area (Å²) in [6.45, 7) is 1.96. The van der Waals surface area contributed by atoms with Crippen LogP contribution in [0.25, 0.3) is 0 Å². The molecule has 3 aromatic rings. The number of thiophene rings is 1. The standard InChI is InChI=1S/C21H19N3O2S/c1-13-6-2-3-9-16(13)23-20(26)18-15-8-4-10-17(15)27-21(18)24-19(25)14-7-5-11-22-12-14/h2-3,5-7,9,11-12H,4,8,10H2,1H3,(H,23,26)(H,24,25). The third kappa shape index (κ3) is 3.48. The average Bonchev–Trinajstić information content (AvgIpc) is 3.25. The number of nitrogens with one attached hydrogen (secondary N) is 2. The highest BCUT2D eigenvalue weighted by molar-refractivity contribution is 7.17. The summed E-state index contributed by atoms with van der Waals surface area (Å²) < 4.78 is 0. The third-order valence-corrected chi connectivity index (χ3v) is 5.90. The van der Waals surface area contributed by atoms with Gasteiger partial charge >= 0.3 is 0 Å². The fraction of sp³-hybridized carbons (Fsp3) is 0.190. The number of anilines is 2. The molecule has 0 saturated heterocycles. The van der Waals surface area contributed by atoms with Gasteiger partial charge in [-0.05, 0) is 55.5 Å². The molecule has 1 aliphatic rings. The Bertz CT molecular complexity index is 1010. The molecular weight excluding hydrogens is 358 g/mol. The Morgan fingerprint density at radius 1 is 1.04 bits per heavy atom. The summed E-state index contributed by atoms with van der Waals surface area (Å²) in [4.78, 5) is 30.8. The van der Waals surface area contributed by atoms with Crippen LogP contribution in [0, 0.1) is 6.92 Å². The molecule has 4 rings (SSSR count). The maximum absolute atomic E-state index is 13.1. The van der Waals surface area contributed by atoms with E-state index in [1.165, 1.54) is 22.4 Å². The zero-order chi connectivity index (χ0) is 18.8. The molecule has 6 heteroatoms. The van der Waals surface area contributed by atoms with E-state index in [9.17, 15) is 9.59 Å². The first kappa shape index (κ1) is 17.4. The highest BCUT2D eigenvalue weighted by Crippen LogP contribution is 2.39. The fourth-order valence-corrected chi connectivity index (χ4v) is 4.58. The van der Waals surface area contributed by atoms with Crippen molar-refractivity contribution in [1.29, 1.82) is 0 Å². The van der Waals surface area contributed by atoms with Gasteiger partial charge in [0.1, 0.15) is 5.00 Å². The van der Waals surface area contributed by atoms with Crippen molar-refractivity contribution in [2.75, 3.05) is 10.6 Å². The van der Waals surface area contributed by atoms with Crippen LogP contribution in [0.4, 0.5) is 10.7 Å². The SMILES string of the molecule is Cc1ccccc1NC(=O)c1c(NC(=O)c2cccnc2)sc2c1CCC2. The van der Waals surface area contributed by atoms with E-state index < -0.39 is 0 Å². The number of carbonyl (C=O) groups is 2. The Morgan fingerprint density at radius 3 is 2.67 bits per heavy atom. The molecule has 0 saturated carbocycles. The van der Waals surface area contributed by atoms with Crippen LogP contribution in [0.15, 0.2) is 48.8 Å². The van der Waals surface area contributed by atoms with Crippen molar-refractivity contribution in [3.05, 3.63) is 75.9 Å². The highest BCUT2D eigenvalue weighted by Gasteiger charge is 2.28. The summed E-state index contributed by atoms with van der Waals surface area (Å²) in [5, 5.41) is 6.53.